The first-order chi connectivity index (χ1) is 13.5. The van der Waals surface area contributed by atoms with Gasteiger partial charge in [0.15, 0.2) is 0 Å². The molecule has 1 aromatic carbocycles. The molecule has 3 N–H and O–H groups in total. The molecule has 0 bridgehead atoms. The molecule has 0 saturated carbocycles. The normalized spacial score (nSPS) is 15.1. The molecular weight excluding hydrogens is 354 g/mol. The molecule has 0 aliphatic carbocycles. The summed E-state index contributed by atoms with van der Waals surface area (Å²) in [5.41, 5.74) is 4.06. The van der Waals surface area contributed by atoms with Crippen molar-refractivity contribution in [2.45, 2.75) is 6.54 Å². The van der Waals surface area contributed by atoms with Gasteiger partial charge >= 0.3 is 0 Å². The summed E-state index contributed by atoms with van der Waals surface area (Å²) >= 11 is 0. The zero-order chi connectivity index (χ0) is 19.7. The third-order valence-corrected chi connectivity index (χ3v) is 4.76. The van der Waals surface area contributed by atoms with Crippen LogP contribution in [0.1, 0.15) is 16.7 Å². The van der Waals surface area contributed by atoms with Crippen LogP contribution in [0.5, 0.6) is 0 Å². The number of hydrogen-bond acceptors (Lipinski definition) is 4. The van der Waals surface area contributed by atoms with Crippen molar-refractivity contribution < 1.29 is 9.59 Å². The van der Waals surface area contributed by atoms with E-state index in [4.69, 9.17) is 0 Å². The van der Waals surface area contributed by atoms with Crippen molar-refractivity contribution in [2.75, 3.05) is 26.0 Å². The Balaban J connectivity index is 1.80. The van der Waals surface area contributed by atoms with E-state index >= 15 is 0 Å². The number of aromatic amines is 1. The van der Waals surface area contributed by atoms with Gasteiger partial charge in [0.1, 0.15) is 5.82 Å². The standard InChI is InChI=1S/C21H21N5O2/c1-22-21(28)16(17-10-23-18-6-4-3-5-15(17)18)8-13-7-14-11-26(2)12-19(27)25-20(14)24-9-13/h3-10,23H,11-12H2,1-2H3,(H,22,28)(H,24,25,27). The van der Waals surface area contributed by atoms with Gasteiger partial charge in [0, 0.05) is 53.6 Å². The second-order valence-electron chi connectivity index (χ2n) is 6.88. The molecular formula is C21H21N5O2. The Labute approximate surface area is 162 Å². The van der Waals surface area contributed by atoms with Crippen LogP contribution in [0.25, 0.3) is 22.6 Å². The lowest BCUT2D eigenvalue weighted by Crippen LogP contribution is -2.26. The largest absolute Gasteiger partial charge is 0.361 e. The van der Waals surface area contributed by atoms with Crippen molar-refractivity contribution in [1.29, 1.82) is 0 Å². The van der Waals surface area contributed by atoms with Gasteiger partial charge in [-0.3, -0.25) is 14.5 Å². The van der Waals surface area contributed by atoms with Gasteiger partial charge in [-0.25, -0.2) is 4.98 Å². The van der Waals surface area contributed by atoms with Gasteiger partial charge in [-0.15, -0.1) is 0 Å². The first-order valence-corrected chi connectivity index (χ1v) is 9.02. The predicted octanol–water partition coefficient (Wildman–Crippen LogP) is 2.23. The zero-order valence-electron chi connectivity index (χ0n) is 15.7. The fourth-order valence-corrected chi connectivity index (χ4v) is 3.47. The van der Waals surface area contributed by atoms with E-state index in [2.05, 4.69) is 20.6 Å². The third-order valence-electron chi connectivity index (χ3n) is 4.76. The van der Waals surface area contributed by atoms with E-state index in [0.29, 0.717) is 24.5 Å². The number of nitrogens with one attached hydrogen (secondary N) is 3. The van der Waals surface area contributed by atoms with Gasteiger partial charge in [0.2, 0.25) is 5.91 Å². The number of anilines is 1. The van der Waals surface area contributed by atoms with E-state index in [0.717, 1.165) is 27.6 Å². The van der Waals surface area contributed by atoms with Crippen LogP contribution in [0.4, 0.5) is 5.82 Å². The highest BCUT2D eigenvalue weighted by Gasteiger charge is 2.19. The molecule has 3 aromatic rings. The number of pyridine rings is 1. The van der Waals surface area contributed by atoms with Crippen molar-refractivity contribution >= 4 is 40.2 Å². The molecule has 2 aromatic heterocycles. The van der Waals surface area contributed by atoms with Crippen molar-refractivity contribution in [3.63, 3.8) is 0 Å². The van der Waals surface area contributed by atoms with Crippen molar-refractivity contribution in [2.24, 2.45) is 0 Å². The van der Waals surface area contributed by atoms with Crippen molar-refractivity contribution in [3.8, 4) is 0 Å². The number of amides is 2. The maximum atomic E-state index is 12.6. The smallest absolute Gasteiger partial charge is 0.251 e. The van der Waals surface area contributed by atoms with E-state index in [1.54, 1.807) is 13.2 Å². The highest BCUT2D eigenvalue weighted by molar-refractivity contribution is 6.26. The number of fused-ring (bicyclic) bond motifs is 2. The van der Waals surface area contributed by atoms with Crippen LogP contribution >= 0.6 is 0 Å². The van der Waals surface area contributed by atoms with Crippen LogP contribution in [0, 0.1) is 0 Å². The molecule has 1 aliphatic heterocycles. The summed E-state index contributed by atoms with van der Waals surface area (Å²) in [5, 5.41) is 6.52. The van der Waals surface area contributed by atoms with E-state index in [-0.39, 0.29) is 11.8 Å². The number of likely N-dealkylation sites (N-methyl/N-ethyl adjacent to an activating group) is 2. The number of carbonyl (C=O) groups is 2. The summed E-state index contributed by atoms with van der Waals surface area (Å²) in [4.78, 5) is 34.0. The minimum atomic E-state index is -0.176. The molecule has 0 atom stereocenters. The lowest BCUT2D eigenvalue weighted by molar-refractivity contribution is -0.117. The van der Waals surface area contributed by atoms with Crippen LogP contribution in [0.2, 0.25) is 0 Å². The molecule has 0 unspecified atom stereocenters. The van der Waals surface area contributed by atoms with Gasteiger partial charge < -0.3 is 15.6 Å². The lowest BCUT2D eigenvalue weighted by Gasteiger charge is -2.12. The van der Waals surface area contributed by atoms with Gasteiger partial charge in [0.05, 0.1) is 6.54 Å². The lowest BCUT2D eigenvalue weighted by atomic mass is 10.0. The number of nitrogens with zero attached hydrogens (tertiary/aromatic N) is 2. The Hall–Kier alpha value is -3.45. The highest BCUT2D eigenvalue weighted by Crippen LogP contribution is 2.28. The minimum absolute atomic E-state index is 0.0816. The van der Waals surface area contributed by atoms with E-state index in [9.17, 15) is 9.59 Å². The molecule has 2 amide bonds. The number of aromatic nitrogens is 2. The SMILES string of the molecule is CNC(=O)C(=Cc1cnc2c(c1)CN(C)CC(=O)N2)c1c[nH]c2ccccc12. The number of benzene rings is 1. The average molecular weight is 375 g/mol. The molecule has 7 nitrogen and oxygen atoms in total. The number of para-hydroxylation sites is 1. The molecule has 0 fully saturated rings. The molecule has 4 rings (SSSR count). The first kappa shape index (κ1) is 17.9. The topological polar surface area (TPSA) is 90.1 Å². The Morgan fingerprint density at radius 3 is 2.93 bits per heavy atom. The Kier molecular flexibility index (Phi) is 4.67. The quantitative estimate of drug-likeness (QED) is 0.613. The predicted molar refractivity (Wildman–Crippen MR) is 109 cm³/mol. The number of H-pyrrole nitrogens is 1. The van der Waals surface area contributed by atoms with Gasteiger partial charge in [-0.2, -0.15) is 0 Å². The first-order valence-electron chi connectivity index (χ1n) is 9.02. The van der Waals surface area contributed by atoms with Crippen LogP contribution in [-0.4, -0.2) is 47.3 Å². The fraction of sp³-hybridized carbons (Fsp3) is 0.190. The van der Waals surface area contributed by atoms with Gasteiger partial charge in [-0.05, 0) is 30.8 Å². The van der Waals surface area contributed by atoms with E-state index < -0.39 is 0 Å². The van der Waals surface area contributed by atoms with E-state index in [1.165, 1.54) is 0 Å². The van der Waals surface area contributed by atoms with Gasteiger partial charge in [-0.1, -0.05) is 18.2 Å². The van der Waals surface area contributed by atoms with Crippen LogP contribution < -0.4 is 10.6 Å². The summed E-state index contributed by atoms with van der Waals surface area (Å²) < 4.78 is 0. The molecule has 0 saturated heterocycles. The second kappa shape index (κ2) is 7.28. The molecule has 0 spiro atoms. The highest BCUT2D eigenvalue weighted by atomic mass is 16.2. The Morgan fingerprint density at radius 2 is 2.11 bits per heavy atom. The zero-order valence-corrected chi connectivity index (χ0v) is 15.7. The Morgan fingerprint density at radius 1 is 1.29 bits per heavy atom. The van der Waals surface area contributed by atoms with Gasteiger partial charge in [0.25, 0.3) is 5.91 Å². The van der Waals surface area contributed by atoms with Crippen molar-refractivity contribution in [1.82, 2.24) is 20.2 Å². The molecule has 7 heteroatoms. The molecule has 0 radical (unpaired) electrons. The second-order valence-corrected chi connectivity index (χ2v) is 6.88. The maximum absolute atomic E-state index is 12.6. The molecule has 3 heterocycles. The number of hydrogen-bond donors (Lipinski definition) is 3. The van der Waals surface area contributed by atoms with Crippen LogP contribution in [0.3, 0.4) is 0 Å². The average Bonchev–Trinajstić information content (AvgIpc) is 3.04. The Bertz CT molecular complexity index is 1100. The monoisotopic (exact) mass is 375 g/mol. The molecule has 142 valence electrons. The van der Waals surface area contributed by atoms with Crippen LogP contribution in [-0.2, 0) is 16.1 Å². The van der Waals surface area contributed by atoms with E-state index in [1.807, 2.05) is 54.6 Å². The fourth-order valence-electron chi connectivity index (χ4n) is 3.47. The van der Waals surface area contributed by atoms with Crippen LogP contribution in [0.15, 0.2) is 42.7 Å². The summed E-state index contributed by atoms with van der Waals surface area (Å²) in [6.07, 6.45) is 5.34. The third kappa shape index (κ3) is 3.39. The molecule has 1 aliphatic rings. The summed E-state index contributed by atoms with van der Waals surface area (Å²) in [6.45, 7) is 0.922. The number of rotatable bonds is 3. The summed E-state index contributed by atoms with van der Waals surface area (Å²) in [7, 11) is 3.50. The van der Waals surface area contributed by atoms with Crippen molar-refractivity contribution in [3.05, 3.63) is 59.4 Å². The molecule has 28 heavy (non-hydrogen) atoms. The summed E-state index contributed by atoms with van der Waals surface area (Å²) in [6, 6.07) is 9.82. The maximum Gasteiger partial charge on any atom is 0.251 e. The summed E-state index contributed by atoms with van der Waals surface area (Å²) in [5.74, 6) is 0.312. The number of carbonyl (C=O) groups excluding carboxylic acids is 2. The minimum Gasteiger partial charge on any atom is -0.361 e.